The molecule has 122 valence electrons. The predicted octanol–water partition coefficient (Wildman–Crippen LogP) is 4.21. The molecule has 1 aromatic heterocycles. The fourth-order valence-corrected chi connectivity index (χ4v) is 3.36. The van der Waals surface area contributed by atoms with Crippen LogP contribution in [0.25, 0.3) is 22.0 Å². The van der Waals surface area contributed by atoms with E-state index in [0.29, 0.717) is 0 Å². The van der Waals surface area contributed by atoms with Gasteiger partial charge in [-0.2, -0.15) is 0 Å². The van der Waals surface area contributed by atoms with Crippen LogP contribution in [-0.4, -0.2) is 30.2 Å². The molecule has 4 heteroatoms. The number of ether oxygens (including phenoxy) is 1. The lowest BCUT2D eigenvalue weighted by Crippen LogP contribution is -2.20. The molecule has 1 aliphatic heterocycles. The number of aryl methyl sites for hydroxylation is 1. The molecule has 0 amide bonds. The average Bonchev–Trinajstić information content (AvgIpc) is 3.15. The highest BCUT2D eigenvalue weighted by Crippen LogP contribution is 2.30. The number of hydrogen-bond acceptors (Lipinski definition) is 4. The molecule has 1 saturated heterocycles. The van der Waals surface area contributed by atoms with Gasteiger partial charge in [0, 0.05) is 18.5 Å². The smallest absolute Gasteiger partial charge is 0.140 e. The van der Waals surface area contributed by atoms with Crippen LogP contribution in [0.3, 0.4) is 0 Å². The summed E-state index contributed by atoms with van der Waals surface area (Å²) in [4.78, 5) is 11.8. The summed E-state index contributed by atoms with van der Waals surface area (Å²) >= 11 is 0. The van der Waals surface area contributed by atoms with Crippen molar-refractivity contribution in [1.82, 2.24) is 9.97 Å². The van der Waals surface area contributed by atoms with Crippen LogP contribution in [0.4, 0.5) is 5.82 Å². The van der Waals surface area contributed by atoms with E-state index in [1.165, 1.54) is 12.8 Å². The first kappa shape index (κ1) is 14.9. The molecule has 0 radical (unpaired) electrons. The van der Waals surface area contributed by atoms with Crippen LogP contribution in [0.5, 0.6) is 5.75 Å². The molecule has 0 aliphatic carbocycles. The number of methoxy groups -OCH3 is 1. The topological polar surface area (TPSA) is 38.2 Å². The molecule has 0 bridgehead atoms. The van der Waals surface area contributed by atoms with Crippen LogP contribution >= 0.6 is 0 Å². The number of nitrogens with zero attached hydrogens (tertiary/aromatic N) is 3. The zero-order chi connectivity index (χ0) is 16.5. The minimum atomic E-state index is 0.830. The summed E-state index contributed by atoms with van der Waals surface area (Å²) < 4.78 is 5.24. The van der Waals surface area contributed by atoms with E-state index in [0.717, 1.165) is 52.5 Å². The van der Waals surface area contributed by atoms with Gasteiger partial charge >= 0.3 is 0 Å². The molecule has 1 aliphatic rings. The van der Waals surface area contributed by atoms with Gasteiger partial charge in [-0.25, -0.2) is 9.97 Å². The monoisotopic (exact) mass is 319 g/mol. The quantitative estimate of drug-likeness (QED) is 0.724. The molecule has 0 N–H and O–H groups in total. The van der Waals surface area contributed by atoms with E-state index in [4.69, 9.17) is 9.72 Å². The molecule has 2 heterocycles. The van der Waals surface area contributed by atoms with E-state index in [9.17, 15) is 0 Å². The largest absolute Gasteiger partial charge is 0.497 e. The van der Waals surface area contributed by atoms with Crippen LogP contribution in [0.2, 0.25) is 0 Å². The molecular weight excluding hydrogens is 298 g/mol. The first-order valence-corrected chi connectivity index (χ1v) is 8.42. The SMILES string of the molecule is COc1ccc(-c2ccc3c(N4CCCC4)nc(C)nc3c2)cc1. The normalized spacial score (nSPS) is 14.3. The highest BCUT2D eigenvalue weighted by Gasteiger charge is 2.17. The summed E-state index contributed by atoms with van der Waals surface area (Å²) in [6.07, 6.45) is 2.49. The van der Waals surface area contributed by atoms with Gasteiger partial charge in [-0.05, 0) is 55.2 Å². The lowest BCUT2D eigenvalue weighted by Gasteiger charge is -2.19. The summed E-state index contributed by atoms with van der Waals surface area (Å²) in [7, 11) is 1.69. The van der Waals surface area contributed by atoms with E-state index in [-0.39, 0.29) is 0 Å². The predicted molar refractivity (Wildman–Crippen MR) is 97.7 cm³/mol. The second-order valence-electron chi connectivity index (χ2n) is 6.25. The lowest BCUT2D eigenvalue weighted by molar-refractivity contribution is 0.415. The van der Waals surface area contributed by atoms with Gasteiger partial charge in [0.2, 0.25) is 0 Å². The van der Waals surface area contributed by atoms with Crippen LogP contribution < -0.4 is 9.64 Å². The molecule has 2 aromatic carbocycles. The first-order chi connectivity index (χ1) is 11.7. The third kappa shape index (κ3) is 2.68. The molecule has 0 spiro atoms. The third-order valence-corrected chi connectivity index (χ3v) is 4.62. The van der Waals surface area contributed by atoms with Crippen LogP contribution in [-0.2, 0) is 0 Å². The van der Waals surface area contributed by atoms with Gasteiger partial charge in [-0.15, -0.1) is 0 Å². The van der Waals surface area contributed by atoms with E-state index >= 15 is 0 Å². The van der Waals surface area contributed by atoms with Crippen molar-refractivity contribution in [3.63, 3.8) is 0 Å². The zero-order valence-electron chi connectivity index (χ0n) is 14.1. The Morgan fingerprint density at radius 1 is 0.917 bits per heavy atom. The van der Waals surface area contributed by atoms with Crippen molar-refractivity contribution in [3.8, 4) is 16.9 Å². The Morgan fingerprint density at radius 3 is 2.33 bits per heavy atom. The van der Waals surface area contributed by atoms with E-state index in [1.807, 2.05) is 19.1 Å². The highest BCUT2D eigenvalue weighted by molar-refractivity contribution is 5.92. The Kier molecular flexibility index (Phi) is 3.81. The number of rotatable bonds is 3. The molecule has 0 unspecified atom stereocenters. The fraction of sp³-hybridized carbons (Fsp3) is 0.300. The first-order valence-electron chi connectivity index (χ1n) is 8.42. The minimum Gasteiger partial charge on any atom is -0.497 e. The lowest BCUT2D eigenvalue weighted by atomic mass is 10.0. The maximum absolute atomic E-state index is 5.24. The van der Waals surface area contributed by atoms with Gasteiger partial charge in [-0.1, -0.05) is 18.2 Å². The Balaban J connectivity index is 1.79. The van der Waals surface area contributed by atoms with Crippen molar-refractivity contribution in [2.24, 2.45) is 0 Å². The summed E-state index contributed by atoms with van der Waals surface area (Å²) in [6.45, 7) is 4.15. The summed E-state index contributed by atoms with van der Waals surface area (Å²) in [5.74, 6) is 2.78. The Bertz CT molecular complexity index is 868. The zero-order valence-corrected chi connectivity index (χ0v) is 14.1. The average molecular weight is 319 g/mol. The number of aromatic nitrogens is 2. The number of benzene rings is 2. The molecule has 4 nitrogen and oxygen atoms in total. The molecule has 24 heavy (non-hydrogen) atoms. The summed E-state index contributed by atoms with van der Waals surface area (Å²) in [5.41, 5.74) is 3.34. The van der Waals surface area contributed by atoms with Gasteiger partial charge in [0.1, 0.15) is 17.4 Å². The van der Waals surface area contributed by atoms with E-state index < -0.39 is 0 Å². The van der Waals surface area contributed by atoms with E-state index in [1.54, 1.807) is 7.11 Å². The van der Waals surface area contributed by atoms with Crippen LogP contribution in [0, 0.1) is 6.92 Å². The Hall–Kier alpha value is -2.62. The van der Waals surface area contributed by atoms with Crippen molar-refractivity contribution >= 4 is 16.7 Å². The van der Waals surface area contributed by atoms with Gasteiger partial charge in [0.05, 0.1) is 12.6 Å². The van der Waals surface area contributed by atoms with Crippen molar-refractivity contribution in [1.29, 1.82) is 0 Å². The maximum atomic E-state index is 5.24. The van der Waals surface area contributed by atoms with Gasteiger partial charge in [-0.3, -0.25) is 0 Å². The molecule has 3 aromatic rings. The van der Waals surface area contributed by atoms with E-state index in [2.05, 4.69) is 40.2 Å². The summed E-state index contributed by atoms with van der Waals surface area (Å²) in [5, 5.41) is 1.14. The Labute approximate surface area is 142 Å². The molecule has 1 fully saturated rings. The molecule has 0 saturated carbocycles. The van der Waals surface area contributed by atoms with Crippen molar-refractivity contribution in [3.05, 3.63) is 48.3 Å². The molecular formula is C20H21N3O. The number of anilines is 1. The second-order valence-corrected chi connectivity index (χ2v) is 6.25. The molecule has 0 atom stereocenters. The maximum Gasteiger partial charge on any atom is 0.140 e. The Morgan fingerprint density at radius 2 is 1.62 bits per heavy atom. The third-order valence-electron chi connectivity index (χ3n) is 4.62. The van der Waals surface area contributed by atoms with Gasteiger partial charge in [0.15, 0.2) is 0 Å². The number of hydrogen-bond donors (Lipinski definition) is 0. The van der Waals surface area contributed by atoms with Gasteiger partial charge in [0.25, 0.3) is 0 Å². The standard InChI is InChI=1S/C20H21N3O/c1-14-21-19-13-16(15-5-8-17(24-2)9-6-15)7-10-18(19)20(22-14)23-11-3-4-12-23/h5-10,13H,3-4,11-12H2,1-2H3. The van der Waals surface area contributed by atoms with Crippen LogP contribution in [0.15, 0.2) is 42.5 Å². The fourth-order valence-electron chi connectivity index (χ4n) is 3.36. The van der Waals surface area contributed by atoms with Crippen molar-refractivity contribution < 1.29 is 4.74 Å². The number of fused-ring (bicyclic) bond motifs is 1. The highest BCUT2D eigenvalue weighted by atomic mass is 16.5. The second kappa shape index (κ2) is 6.11. The summed E-state index contributed by atoms with van der Waals surface area (Å²) in [6, 6.07) is 14.6. The van der Waals surface area contributed by atoms with Gasteiger partial charge < -0.3 is 9.64 Å². The van der Waals surface area contributed by atoms with Crippen molar-refractivity contribution in [2.45, 2.75) is 19.8 Å². The minimum absolute atomic E-state index is 0.830. The van der Waals surface area contributed by atoms with Crippen LogP contribution in [0.1, 0.15) is 18.7 Å². The molecule has 4 rings (SSSR count). The van der Waals surface area contributed by atoms with Crippen molar-refractivity contribution in [2.75, 3.05) is 25.1 Å².